The molecule has 0 N–H and O–H groups in total. The molecule has 0 aliphatic rings. The first-order valence-electron chi connectivity index (χ1n) is 17.3. The van der Waals surface area contributed by atoms with Gasteiger partial charge in [0.1, 0.15) is 11.2 Å². The van der Waals surface area contributed by atoms with Gasteiger partial charge < -0.3 is 61.6 Å². The van der Waals surface area contributed by atoms with Crippen LogP contribution in [0.3, 0.4) is 0 Å². The van der Waals surface area contributed by atoms with E-state index in [1.807, 2.05) is 41.5 Å². The van der Waals surface area contributed by atoms with Gasteiger partial charge in [-0.1, -0.05) is 0 Å². The van der Waals surface area contributed by atoms with Gasteiger partial charge in [-0.05, 0) is 41.5 Å². The average molecular weight is 715 g/mol. The van der Waals surface area contributed by atoms with Gasteiger partial charge in [-0.3, -0.25) is 9.59 Å². The summed E-state index contributed by atoms with van der Waals surface area (Å²) in [5.41, 5.74) is -0.954. The van der Waals surface area contributed by atoms with Crippen LogP contribution in [-0.2, 0) is 71.2 Å². The third kappa shape index (κ3) is 42.6. The lowest BCUT2D eigenvalue weighted by Crippen LogP contribution is -2.24. The zero-order chi connectivity index (χ0) is 36.3. The molecule has 0 amide bonds. The van der Waals surface area contributed by atoms with Crippen molar-refractivity contribution in [3.8, 4) is 0 Å². The van der Waals surface area contributed by atoms with Crippen molar-refractivity contribution in [1.82, 2.24) is 0 Å². The van der Waals surface area contributed by atoms with Crippen LogP contribution in [0.5, 0.6) is 0 Å². The molecule has 0 spiro atoms. The monoisotopic (exact) mass is 714 g/mol. The first kappa shape index (κ1) is 47.5. The minimum atomic E-state index is -0.477. The molecule has 49 heavy (non-hydrogen) atoms. The average Bonchev–Trinajstić information content (AvgIpc) is 3.01. The molecule has 0 radical (unpaired) electrons. The third-order valence-corrected chi connectivity index (χ3v) is 5.46. The Morgan fingerprint density at radius 1 is 0.286 bits per heavy atom. The maximum Gasteiger partial charge on any atom is 0.308 e. The highest BCUT2D eigenvalue weighted by molar-refractivity contribution is 5.70. The fourth-order valence-corrected chi connectivity index (χ4v) is 3.40. The molecule has 0 unspecified atom stereocenters. The minimum absolute atomic E-state index is 0.228. The fourth-order valence-electron chi connectivity index (χ4n) is 3.40. The van der Waals surface area contributed by atoms with Gasteiger partial charge in [0, 0.05) is 0 Å². The summed E-state index contributed by atoms with van der Waals surface area (Å²) in [7, 11) is 0. The number of rotatable bonds is 36. The van der Waals surface area contributed by atoms with Crippen LogP contribution < -0.4 is 0 Å². The summed E-state index contributed by atoms with van der Waals surface area (Å²) in [5.74, 6) is -0.537. The van der Waals surface area contributed by atoms with E-state index < -0.39 is 11.2 Å². The highest BCUT2D eigenvalue weighted by Gasteiger charge is 2.16. The molecule has 15 heteroatoms. The largest absolute Gasteiger partial charge is 0.460 e. The summed E-state index contributed by atoms with van der Waals surface area (Å²) >= 11 is 0. The van der Waals surface area contributed by atoms with Crippen LogP contribution in [-0.4, -0.2) is 168 Å². The highest BCUT2D eigenvalue weighted by Crippen LogP contribution is 2.09. The standard InChI is InChI=1S/C34H66O15/c1-33(2,3)48-31(35)7-9-37-11-13-39-15-17-41-19-21-43-23-25-45-27-29-47-30-28-46-26-24-44-22-20-42-18-16-40-14-12-38-10-8-32(36)49-34(4,5)6/h7-30H2,1-6H3. The van der Waals surface area contributed by atoms with Crippen LogP contribution in [0.4, 0.5) is 0 Å². The number of ether oxygens (including phenoxy) is 13. The normalized spacial score (nSPS) is 12.0. The predicted molar refractivity (Wildman–Crippen MR) is 180 cm³/mol. The Kier molecular flexibility index (Phi) is 32.6. The number of hydrogen-bond donors (Lipinski definition) is 0. The quantitative estimate of drug-likeness (QED) is 0.0690. The van der Waals surface area contributed by atoms with Crippen LogP contribution >= 0.6 is 0 Å². The first-order valence-corrected chi connectivity index (χ1v) is 17.3. The summed E-state index contributed by atoms with van der Waals surface area (Å²) in [6.45, 7) is 21.0. The van der Waals surface area contributed by atoms with Crippen molar-refractivity contribution >= 4 is 11.9 Å². The molecule has 15 nitrogen and oxygen atoms in total. The van der Waals surface area contributed by atoms with Gasteiger partial charge >= 0.3 is 11.9 Å². The topological polar surface area (TPSA) is 154 Å². The van der Waals surface area contributed by atoms with Crippen LogP contribution in [0.2, 0.25) is 0 Å². The first-order chi connectivity index (χ1) is 23.5. The van der Waals surface area contributed by atoms with Gasteiger partial charge in [-0.2, -0.15) is 0 Å². The Morgan fingerprint density at radius 3 is 0.571 bits per heavy atom. The van der Waals surface area contributed by atoms with Gasteiger partial charge in [-0.25, -0.2) is 0 Å². The zero-order valence-electron chi connectivity index (χ0n) is 31.1. The van der Waals surface area contributed by atoms with E-state index in [4.69, 9.17) is 61.6 Å². The molecule has 292 valence electrons. The van der Waals surface area contributed by atoms with Crippen molar-refractivity contribution in [3.63, 3.8) is 0 Å². The van der Waals surface area contributed by atoms with E-state index in [2.05, 4.69) is 0 Å². The summed E-state index contributed by atoms with van der Waals surface area (Å²) in [4.78, 5) is 23.1. The van der Waals surface area contributed by atoms with Crippen LogP contribution in [0, 0.1) is 0 Å². The van der Waals surface area contributed by atoms with Crippen molar-refractivity contribution in [2.45, 2.75) is 65.6 Å². The number of carbonyl (C=O) groups is 2. The molecule has 0 aliphatic heterocycles. The summed E-state index contributed by atoms with van der Waals surface area (Å²) in [6.07, 6.45) is 0.456. The van der Waals surface area contributed by atoms with E-state index in [0.29, 0.717) is 145 Å². The van der Waals surface area contributed by atoms with Crippen LogP contribution in [0.15, 0.2) is 0 Å². The highest BCUT2D eigenvalue weighted by atomic mass is 16.6. The van der Waals surface area contributed by atoms with E-state index in [-0.39, 0.29) is 24.8 Å². The second-order valence-electron chi connectivity index (χ2n) is 12.4. The lowest BCUT2D eigenvalue weighted by atomic mass is 10.2. The molecule has 0 saturated carbocycles. The van der Waals surface area contributed by atoms with Crippen molar-refractivity contribution in [3.05, 3.63) is 0 Å². The SMILES string of the molecule is CC(C)(C)OC(=O)CCOCCOCCOCCOCCOCCOCCOCCOCCOCCOCCOCCC(=O)OC(C)(C)C. The molecule has 0 aromatic heterocycles. The smallest absolute Gasteiger partial charge is 0.308 e. The molecular weight excluding hydrogens is 648 g/mol. The Balaban J connectivity index is 3.14. The molecule has 0 heterocycles. The summed E-state index contributed by atoms with van der Waals surface area (Å²) < 4.78 is 70.2. The minimum Gasteiger partial charge on any atom is -0.460 e. The van der Waals surface area contributed by atoms with E-state index >= 15 is 0 Å². The van der Waals surface area contributed by atoms with Crippen molar-refractivity contribution in [1.29, 1.82) is 0 Å². The molecule has 0 fully saturated rings. The lowest BCUT2D eigenvalue weighted by molar-refractivity contribution is -0.157. The van der Waals surface area contributed by atoms with Gasteiger partial charge in [0.15, 0.2) is 0 Å². The Labute approximate surface area is 294 Å². The number of carbonyl (C=O) groups excluding carboxylic acids is 2. The summed E-state index contributed by atoms with van der Waals surface area (Å²) in [6, 6.07) is 0. The van der Waals surface area contributed by atoms with Gasteiger partial charge in [0.2, 0.25) is 0 Å². The molecule has 0 aromatic rings. The molecule has 0 rings (SSSR count). The molecule has 0 saturated heterocycles. The third-order valence-electron chi connectivity index (χ3n) is 5.46. The second kappa shape index (κ2) is 33.6. The Morgan fingerprint density at radius 2 is 0.429 bits per heavy atom. The number of hydrogen-bond acceptors (Lipinski definition) is 15. The number of esters is 2. The maximum absolute atomic E-state index is 11.6. The fraction of sp³-hybridized carbons (Fsp3) is 0.941. The van der Waals surface area contributed by atoms with Crippen molar-refractivity contribution in [2.24, 2.45) is 0 Å². The molecular formula is C34H66O15. The van der Waals surface area contributed by atoms with Crippen molar-refractivity contribution < 1.29 is 71.2 Å². The van der Waals surface area contributed by atoms with Gasteiger partial charge in [-0.15, -0.1) is 0 Å². The van der Waals surface area contributed by atoms with Gasteiger partial charge in [0.05, 0.1) is 158 Å². The van der Waals surface area contributed by atoms with Crippen LogP contribution in [0.1, 0.15) is 54.4 Å². The van der Waals surface area contributed by atoms with E-state index in [0.717, 1.165) is 0 Å². The Bertz CT molecular complexity index is 680. The predicted octanol–water partition coefficient (Wildman–Crippen LogP) is 2.63. The summed E-state index contributed by atoms with van der Waals surface area (Å²) in [5, 5.41) is 0. The van der Waals surface area contributed by atoms with Crippen LogP contribution in [0.25, 0.3) is 0 Å². The Hall–Kier alpha value is -1.50. The van der Waals surface area contributed by atoms with Crippen molar-refractivity contribution in [2.75, 3.05) is 145 Å². The zero-order valence-corrected chi connectivity index (χ0v) is 31.1. The van der Waals surface area contributed by atoms with E-state index in [1.54, 1.807) is 0 Å². The molecule has 0 atom stereocenters. The molecule has 0 aliphatic carbocycles. The maximum atomic E-state index is 11.6. The van der Waals surface area contributed by atoms with Gasteiger partial charge in [0.25, 0.3) is 0 Å². The lowest BCUT2D eigenvalue weighted by Gasteiger charge is -2.19. The van der Waals surface area contributed by atoms with E-state index in [9.17, 15) is 9.59 Å². The van der Waals surface area contributed by atoms with E-state index in [1.165, 1.54) is 0 Å². The molecule has 0 aromatic carbocycles. The molecule has 0 bridgehead atoms. The second-order valence-corrected chi connectivity index (χ2v) is 12.4.